The lowest BCUT2D eigenvalue weighted by Crippen LogP contribution is -2.38. The average molecular weight is 266 g/mol. The highest BCUT2D eigenvalue weighted by atomic mass is 32.1. The average Bonchev–Trinajstić information content (AvgIpc) is 2.83. The van der Waals surface area contributed by atoms with Crippen molar-refractivity contribution < 1.29 is 0 Å². The van der Waals surface area contributed by atoms with Crippen molar-refractivity contribution in [2.45, 2.75) is 71.4 Å². The summed E-state index contributed by atoms with van der Waals surface area (Å²) in [6, 6.07) is 1.06. The molecule has 0 bridgehead atoms. The van der Waals surface area contributed by atoms with Crippen molar-refractivity contribution in [1.82, 2.24) is 10.3 Å². The fourth-order valence-electron chi connectivity index (χ4n) is 3.11. The smallest absolute Gasteiger partial charge is 0.0898 e. The fraction of sp³-hybridized carbons (Fsp3) is 0.800. The van der Waals surface area contributed by atoms with Gasteiger partial charge in [-0.2, -0.15) is 0 Å². The minimum atomic E-state index is 0.391. The number of nitrogens with zero attached hydrogens (tertiary/aromatic N) is 1. The molecule has 0 saturated heterocycles. The Kier molecular flexibility index (Phi) is 5.19. The predicted molar refractivity (Wildman–Crippen MR) is 79.1 cm³/mol. The van der Waals surface area contributed by atoms with E-state index < -0.39 is 0 Å². The summed E-state index contributed by atoms with van der Waals surface area (Å²) in [6.45, 7) is 6.64. The summed E-state index contributed by atoms with van der Waals surface area (Å²) in [4.78, 5) is 4.60. The van der Waals surface area contributed by atoms with E-state index in [1.807, 2.05) is 0 Å². The summed E-state index contributed by atoms with van der Waals surface area (Å²) in [5, 5.41) is 7.18. The van der Waals surface area contributed by atoms with Crippen LogP contribution in [0.4, 0.5) is 0 Å². The molecule has 0 aromatic carbocycles. The molecule has 18 heavy (non-hydrogen) atoms. The first-order valence-electron chi connectivity index (χ1n) is 7.38. The van der Waals surface area contributed by atoms with E-state index >= 15 is 0 Å². The zero-order chi connectivity index (χ0) is 13.0. The quantitative estimate of drug-likeness (QED) is 0.851. The SMILES string of the molecule is CCC(NC(C)c1csc(C)n1)C1CCCCC1. The normalized spacial score (nSPS) is 20.8. The molecule has 2 atom stereocenters. The van der Waals surface area contributed by atoms with Gasteiger partial charge in [-0.1, -0.05) is 26.2 Å². The Morgan fingerprint density at radius 2 is 2.11 bits per heavy atom. The van der Waals surface area contributed by atoms with Crippen LogP contribution in [0.25, 0.3) is 0 Å². The lowest BCUT2D eigenvalue weighted by atomic mass is 9.82. The molecule has 1 aromatic rings. The molecule has 102 valence electrons. The molecule has 0 radical (unpaired) electrons. The molecule has 1 N–H and O–H groups in total. The molecule has 0 spiro atoms. The first-order chi connectivity index (χ1) is 8.70. The summed E-state index contributed by atoms with van der Waals surface area (Å²) in [5.41, 5.74) is 1.21. The van der Waals surface area contributed by atoms with Gasteiger partial charge in [-0.25, -0.2) is 4.98 Å². The maximum atomic E-state index is 4.60. The molecule has 1 fully saturated rings. The Labute approximate surface area is 115 Å². The van der Waals surface area contributed by atoms with E-state index in [9.17, 15) is 0 Å². The maximum absolute atomic E-state index is 4.60. The minimum Gasteiger partial charge on any atom is -0.306 e. The number of aromatic nitrogens is 1. The number of aryl methyl sites for hydroxylation is 1. The second-order valence-corrected chi connectivity index (χ2v) is 6.65. The molecule has 0 amide bonds. The fourth-order valence-corrected chi connectivity index (χ4v) is 3.82. The van der Waals surface area contributed by atoms with Crippen molar-refractivity contribution >= 4 is 11.3 Å². The van der Waals surface area contributed by atoms with Crippen LogP contribution >= 0.6 is 11.3 Å². The van der Waals surface area contributed by atoms with Crippen molar-refractivity contribution in [3.05, 3.63) is 16.1 Å². The van der Waals surface area contributed by atoms with Gasteiger partial charge < -0.3 is 5.32 Å². The Morgan fingerprint density at radius 1 is 1.39 bits per heavy atom. The van der Waals surface area contributed by atoms with E-state index in [2.05, 4.69) is 36.5 Å². The topological polar surface area (TPSA) is 24.9 Å². The molecular formula is C15H26N2S. The van der Waals surface area contributed by atoms with Crippen molar-refractivity contribution in [2.75, 3.05) is 0 Å². The highest BCUT2D eigenvalue weighted by molar-refractivity contribution is 7.09. The van der Waals surface area contributed by atoms with Crippen molar-refractivity contribution in [2.24, 2.45) is 5.92 Å². The molecule has 0 aliphatic heterocycles. The van der Waals surface area contributed by atoms with Crippen molar-refractivity contribution in [3.8, 4) is 0 Å². The van der Waals surface area contributed by atoms with Crippen LogP contribution < -0.4 is 5.32 Å². The first kappa shape index (κ1) is 14.0. The molecule has 1 heterocycles. The van der Waals surface area contributed by atoms with Gasteiger partial charge in [0.1, 0.15) is 0 Å². The molecule has 1 aromatic heterocycles. The summed E-state index contributed by atoms with van der Waals surface area (Å²) in [6.07, 6.45) is 8.34. The van der Waals surface area contributed by atoms with Gasteiger partial charge in [0.25, 0.3) is 0 Å². The van der Waals surface area contributed by atoms with Gasteiger partial charge in [-0.05, 0) is 39.0 Å². The number of hydrogen-bond donors (Lipinski definition) is 1. The molecule has 1 aliphatic carbocycles. The van der Waals surface area contributed by atoms with Crippen molar-refractivity contribution in [3.63, 3.8) is 0 Å². The first-order valence-corrected chi connectivity index (χ1v) is 8.26. The van der Waals surface area contributed by atoms with E-state index in [4.69, 9.17) is 0 Å². The second-order valence-electron chi connectivity index (χ2n) is 5.59. The lowest BCUT2D eigenvalue weighted by Gasteiger charge is -2.32. The van der Waals surface area contributed by atoms with Crippen LogP contribution in [0.1, 0.15) is 69.1 Å². The van der Waals surface area contributed by atoms with E-state index in [-0.39, 0.29) is 0 Å². The molecule has 2 nitrogen and oxygen atoms in total. The van der Waals surface area contributed by atoms with E-state index in [1.54, 1.807) is 11.3 Å². The van der Waals surface area contributed by atoms with Gasteiger partial charge in [-0.15, -0.1) is 11.3 Å². The van der Waals surface area contributed by atoms with E-state index in [0.717, 1.165) is 5.92 Å². The largest absolute Gasteiger partial charge is 0.306 e. The van der Waals surface area contributed by atoms with Crippen LogP contribution in [0.3, 0.4) is 0 Å². The second kappa shape index (κ2) is 6.67. The minimum absolute atomic E-state index is 0.391. The summed E-state index contributed by atoms with van der Waals surface area (Å²) >= 11 is 1.75. The Hall–Kier alpha value is -0.410. The highest BCUT2D eigenvalue weighted by Crippen LogP contribution is 2.29. The van der Waals surface area contributed by atoms with Gasteiger partial charge in [-0.3, -0.25) is 0 Å². The van der Waals surface area contributed by atoms with Crippen LogP contribution in [0.15, 0.2) is 5.38 Å². The van der Waals surface area contributed by atoms with Gasteiger partial charge in [0.15, 0.2) is 0 Å². The standard InChI is InChI=1S/C15H26N2S/c1-4-14(13-8-6-5-7-9-13)16-11(2)15-10-18-12(3)17-15/h10-11,13-14,16H,4-9H2,1-3H3. The molecule has 3 heteroatoms. The van der Waals surface area contributed by atoms with Crippen LogP contribution in [0.2, 0.25) is 0 Å². The molecular weight excluding hydrogens is 240 g/mol. The van der Waals surface area contributed by atoms with Gasteiger partial charge in [0.05, 0.1) is 10.7 Å². The highest BCUT2D eigenvalue weighted by Gasteiger charge is 2.24. The summed E-state index contributed by atoms with van der Waals surface area (Å²) in [7, 11) is 0. The number of hydrogen-bond acceptors (Lipinski definition) is 3. The zero-order valence-electron chi connectivity index (χ0n) is 11.9. The Bertz CT molecular complexity index is 355. The van der Waals surface area contributed by atoms with Crippen LogP contribution in [0, 0.1) is 12.8 Å². The number of nitrogens with one attached hydrogen (secondary N) is 1. The predicted octanol–water partition coefficient (Wildman–Crippen LogP) is 4.46. The van der Waals surface area contributed by atoms with E-state index in [1.165, 1.54) is 49.2 Å². The third kappa shape index (κ3) is 3.55. The number of thiazole rings is 1. The molecule has 2 unspecified atom stereocenters. The number of rotatable bonds is 5. The van der Waals surface area contributed by atoms with Crippen LogP contribution in [-0.2, 0) is 0 Å². The summed E-state index contributed by atoms with van der Waals surface area (Å²) in [5.74, 6) is 0.880. The maximum Gasteiger partial charge on any atom is 0.0898 e. The summed E-state index contributed by atoms with van der Waals surface area (Å²) < 4.78 is 0. The van der Waals surface area contributed by atoms with Gasteiger partial charge >= 0.3 is 0 Å². The Balaban J connectivity index is 1.92. The van der Waals surface area contributed by atoms with Crippen molar-refractivity contribution in [1.29, 1.82) is 0 Å². The monoisotopic (exact) mass is 266 g/mol. The van der Waals surface area contributed by atoms with Crippen LogP contribution in [0.5, 0.6) is 0 Å². The molecule has 1 aliphatic rings. The van der Waals surface area contributed by atoms with Gasteiger partial charge in [0, 0.05) is 17.5 Å². The molecule has 1 saturated carbocycles. The third-order valence-corrected chi connectivity index (χ3v) is 4.99. The Morgan fingerprint density at radius 3 is 2.67 bits per heavy atom. The third-order valence-electron chi connectivity index (χ3n) is 4.20. The van der Waals surface area contributed by atoms with E-state index in [0.29, 0.717) is 12.1 Å². The zero-order valence-corrected chi connectivity index (χ0v) is 12.7. The lowest BCUT2D eigenvalue weighted by molar-refractivity contribution is 0.248. The van der Waals surface area contributed by atoms with Crippen LogP contribution in [-0.4, -0.2) is 11.0 Å². The van der Waals surface area contributed by atoms with Gasteiger partial charge in [0.2, 0.25) is 0 Å². The molecule has 2 rings (SSSR count).